The molecule has 0 spiro atoms. The third-order valence-electron chi connectivity index (χ3n) is 2.80. The molecule has 0 aliphatic carbocycles. The lowest BCUT2D eigenvalue weighted by Crippen LogP contribution is -1.93. The molecule has 1 aromatic carbocycles. The summed E-state index contributed by atoms with van der Waals surface area (Å²) in [6.45, 7) is 0. The molecule has 0 amide bonds. The Balaban J connectivity index is 1.61. The normalized spacial score (nSPS) is 11.0. The molecular formula is C13H12ClN5S2. The molecule has 5 nitrogen and oxygen atoms in total. The van der Waals surface area contributed by atoms with E-state index >= 15 is 0 Å². The zero-order chi connectivity index (χ0) is 14.7. The summed E-state index contributed by atoms with van der Waals surface area (Å²) >= 11 is 9.14. The Kier molecular flexibility index (Phi) is 4.52. The summed E-state index contributed by atoms with van der Waals surface area (Å²) in [5.74, 6) is 0.769. The van der Waals surface area contributed by atoms with E-state index in [4.69, 9.17) is 11.6 Å². The third-order valence-corrected chi connectivity index (χ3v) is 4.99. The van der Waals surface area contributed by atoms with Gasteiger partial charge in [0, 0.05) is 29.6 Å². The highest BCUT2D eigenvalue weighted by atomic mass is 35.5. The third kappa shape index (κ3) is 3.81. The number of hydrogen-bond acceptors (Lipinski definition) is 6. The summed E-state index contributed by atoms with van der Waals surface area (Å²) in [6, 6.07) is 7.87. The number of benzene rings is 1. The average molecular weight is 338 g/mol. The zero-order valence-corrected chi connectivity index (χ0v) is 13.6. The van der Waals surface area contributed by atoms with Crippen LogP contribution in [0.2, 0.25) is 5.02 Å². The highest BCUT2D eigenvalue weighted by molar-refractivity contribution is 7.98. The van der Waals surface area contributed by atoms with Crippen molar-refractivity contribution in [2.45, 2.75) is 17.3 Å². The number of thiazole rings is 1. The van der Waals surface area contributed by atoms with Crippen molar-refractivity contribution in [3.63, 3.8) is 0 Å². The van der Waals surface area contributed by atoms with Gasteiger partial charge in [0.1, 0.15) is 0 Å². The van der Waals surface area contributed by atoms with Crippen LogP contribution in [0, 0.1) is 0 Å². The molecule has 8 heteroatoms. The number of nitrogens with zero attached hydrogens (tertiary/aromatic N) is 5. The molecule has 0 aliphatic heterocycles. The second-order valence-electron chi connectivity index (χ2n) is 4.41. The number of rotatable bonds is 5. The topological polar surface area (TPSA) is 56.5 Å². The van der Waals surface area contributed by atoms with Gasteiger partial charge in [-0.15, -0.1) is 16.4 Å². The summed E-state index contributed by atoms with van der Waals surface area (Å²) in [7, 11) is 1.83. The molecule has 0 saturated carbocycles. The van der Waals surface area contributed by atoms with Crippen LogP contribution >= 0.6 is 34.7 Å². The number of aromatic nitrogens is 5. The molecule has 0 fully saturated rings. The molecule has 2 heterocycles. The zero-order valence-electron chi connectivity index (χ0n) is 11.2. The molecule has 0 atom stereocenters. The lowest BCUT2D eigenvalue weighted by molar-refractivity contribution is 0.664. The number of hydrogen-bond donors (Lipinski definition) is 0. The first-order valence-electron chi connectivity index (χ1n) is 6.23. The number of thioether (sulfide) groups is 1. The van der Waals surface area contributed by atoms with Crippen LogP contribution in [-0.2, 0) is 19.2 Å². The summed E-state index contributed by atoms with van der Waals surface area (Å²) in [5.41, 5.74) is 2.27. The van der Waals surface area contributed by atoms with E-state index in [1.165, 1.54) is 5.56 Å². The molecule has 108 valence electrons. The van der Waals surface area contributed by atoms with Crippen LogP contribution in [-0.4, -0.2) is 25.2 Å². The molecule has 0 N–H and O–H groups in total. The predicted molar refractivity (Wildman–Crippen MR) is 84.7 cm³/mol. The molecule has 0 aliphatic rings. The Hall–Kier alpha value is -1.44. The van der Waals surface area contributed by atoms with E-state index in [-0.39, 0.29) is 0 Å². The first kappa shape index (κ1) is 14.5. The lowest BCUT2D eigenvalue weighted by atomic mass is 10.2. The molecule has 0 radical (unpaired) electrons. The average Bonchev–Trinajstić information content (AvgIpc) is 3.08. The Morgan fingerprint density at radius 3 is 2.81 bits per heavy atom. The maximum absolute atomic E-state index is 5.89. The van der Waals surface area contributed by atoms with Crippen molar-refractivity contribution < 1.29 is 0 Å². The van der Waals surface area contributed by atoms with E-state index < -0.39 is 0 Å². The van der Waals surface area contributed by atoms with Crippen molar-refractivity contribution in [2.24, 2.45) is 7.05 Å². The molecule has 21 heavy (non-hydrogen) atoms. The summed E-state index contributed by atoms with van der Waals surface area (Å²) in [5, 5.41) is 16.1. The van der Waals surface area contributed by atoms with Crippen LogP contribution in [0.3, 0.4) is 0 Å². The summed E-state index contributed by atoms with van der Waals surface area (Å²) in [4.78, 5) is 4.64. The number of halogens is 1. The van der Waals surface area contributed by atoms with Gasteiger partial charge < -0.3 is 0 Å². The van der Waals surface area contributed by atoms with Crippen LogP contribution < -0.4 is 0 Å². The van der Waals surface area contributed by atoms with E-state index in [9.17, 15) is 0 Å². The monoisotopic (exact) mass is 337 g/mol. The SMILES string of the molecule is Cn1nnnc1SCc1csc(Cc2ccc(Cl)cc2)n1. The van der Waals surface area contributed by atoms with E-state index in [1.54, 1.807) is 27.8 Å². The van der Waals surface area contributed by atoms with Gasteiger partial charge in [0.15, 0.2) is 0 Å². The van der Waals surface area contributed by atoms with Crippen molar-refractivity contribution >= 4 is 34.7 Å². The first-order valence-corrected chi connectivity index (χ1v) is 8.48. The fraction of sp³-hybridized carbons (Fsp3) is 0.231. The van der Waals surface area contributed by atoms with Crippen molar-refractivity contribution in [3.8, 4) is 0 Å². The molecular weight excluding hydrogens is 326 g/mol. The minimum atomic E-state index is 0.757. The van der Waals surface area contributed by atoms with Crippen LogP contribution in [0.5, 0.6) is 0 Å². The van der Waals surface area contributed by atoms with Gasteiger partial charge in [-0.1, -0.05) is 35.5 Å². The fourth-order valence-corrected chi connectivity index (χ4v) is 3.56. The first-order chi connectivity index (χ1) is 10.2. The smallest absolute Gasteiger partial charge is 0.209 e. The van der Waals surface area contributed by atoms with Crippen molar-refractivity contribution in [1.82, 2.24) is 25.2 Å². The summed E-state index contributed by atoms with van der Waals surface area (Å²) < 4.78 is 1.66. The van der Waals surface area contributed by atoms with Gasteiger partial charge in [-0.2, -0.15) is 0 Å². The number of aryl methyl sites for hydroxylation is 1. The molecule has 3 aromatic rings. The largest absolute Gasteiger partial charge is 0.245 e. The van der Waals surface area contributed by atoms with E-state index in [1.807, 2.05) is 31.3 Å². The van der Waals surface area contributed by atoms with Gasteiger partial charge in [-0.3, -0.25) is 0 Å². The van der Waals surface area contributed by atoms with Gasteiger partial charge in [-0.05, 0) is 28.1 Å². The minimum Gasteiger partial charge on any atom is -0.245 e. The van der Waals surface area contributed by atoms with Crippen LogP contribution in [0.4, 0.5) is 0 Å². The standard InChI is InChI=1S/C13H12ClN5S2/c1-19-13(16-17-18-19)21-8-11-7-20-12(15-11)6-9-2-4-10(14)5-3-9/h2-5,7H,6,8H2,1H3. The van der Waals surface area contributed by atoms with Crippen LogP contribution in [0.1, 0.15) is 16.3 Å². The van der Waals surface area contributed by atoms with E-state index in [0.29, 0.717) is 0 Å². The van der Waals surface area contributed by atoms with Crippen molar-refractivity contribution in [1.29, 1.82) is 0 Å². The van der Waals surface area contributed by atoms with Gasteiger partial charge >= 0.3 is 0 Å². The Morgan fingerprint density at radius 2 is 2.10 bits per heavy atom. The van der Waals surface area contributed by atoms with Gasteiger partial charge in [0.2, 0.25) is 5.16 Å². The number of tetrazole rings is 1. The predicted octanol–water partition coefficient (Wildman–Crippen LogP) is 3.20. The second kappa shape index (κ2) is 6.55. The molecule has 0 unspecified atom stereocenters. The van der Waals surface area contributed by atoms with Gasteiger partial charge in [0.25, 0.3) is 0 Å². The van der Waals surface area contributed by atoms with Crippen molar-refractivity contribution in [3.05, 3.63) is 50.9 Å². The maximum atomic E-state index is 5.89. The van der Waals surface area contributed by atoms with Crippen molar-refractivity contribution in [2.75, 3.05) is 0 Å². The maximum Gasteiger partial charge on any atom is 0.209 e. The minimum absolute atomic E-state index is 0.757. The summed E-state index contributed by atoms with van der Waals surface area (Å²) in [6.07, 6.45) is 0.831. The fourth-order valence-electron chi connectivity index (χ4n) is 1.76. The Bertz CT molecular complexity index is 722. The van der Waals surface area contributed by atoms with Gasteiger partial charge in [0.05, 0.1) is 10.7 Å². The van der Waals surface area contributed by atoms with Crippen LogP contribution in [0.15, 0.2) is 34.8 Å². The van der Waals surface area contributed by atoms with E-state index in [0.717, 1.165) is 33.1 Å². The molecule has 0 bridgehead atoms. The van der Waals surface area contributed by atoms with Gasteiger partial charge in [-0.25, -0.2) is 9.67 Å². The molecule has 2 aromatic heterocycles. The van der Waals surface area contributed by atoms with Crippen LogP contribution in [0.25, 0.3) is 0 Å². The quantitative estimate of drug-likeness (QED) is 0.669. The Morgan fingerprint density at radius 1 is 1.29 bits per heavy atom. The Labute approximate surface area is 135 Å². The van der Waals surface area contributed by atoms with E-state index in [2.05, 4.69) is 25.9 Å². The second-order valence-corrected chi connectivity index (χ2v) is 6.73. The molecule has 0 saturated heterocycles. The molecule has 3 rings (SSSR count). The highest BCUT2D eigenvalue weighted by Gasteiger charge is 2.07. The lowest BCUT2D eigenvalue weighted by Gasteiger charge is -1.98. The highest BCUT2D eigenvalue weighted by Crippen LogP contribution is 2.22.